The van der Waals surface area contributed by atoms with Crippen LogP contribution in [-0.4, -0.2) is 20.1 Å². The van der Waals surface area contributed by atoms with E-state index in [9.17, 15) is 0 Å². The van der Waals surface area contributed by atoms with Crippen LogP contribution < -0.4 is 10.2 Å². The van der Waals surface area contributed by atoms with Crippen molar-refractivity contribution in [2.24, 2.45) is 11.8 Å². The first-order chi connectivity index (χ1) is 8.61. The van der Waals surface area contributed by atoms with Gasteiger partial charge in [-0.15, -0.1) is 0 Å². The molecule has 1 aliphatic heterocycles. The SMILES string of the molecule is CNCc1ccc(N2CCC(C)C(C)C2)c(C)c1. The molecule has 100 valence electrons. The standard InChI is InChI=1S/C16H26N2/c1-12-7-8-18(11-14(12)3)16-6-5-15(10-17-4)9-13(16)2/h5-6,9,12,14,17H,7-8,10-11H2,1-4H3. The minimum atomic E-state index is 0.801. The van der Waals surface area contributed by atoms with Crippen LogP contribution in [0.15, 0.2) is 18.2 Å². The van der Waals surface area contributed by atoms with E-state index in [1.54, 1.807) is 0 Å². The van der Waals surface area contributed by atoms with Crippen LogP contribution in [0.5, 0.6) is 0 Å². The van der Waals surface area contributed by atoms with E-state index in [1.807, 2.05) is 7.05 Å². The molecule has 0 radical (unpaired) electrons. The average molecular weight is 246 g/mol. The molecule has 0 spiro atoms. The third kappa shape index (κ3) is 2.86. The molecule has 0 saturated carbocycles. The van der Waals surface area contributed by atoms with Gasteiger partial charge < -0.3 is 10.2 Å². The normalized spacial score (nSPS) is 24.3. The van der Waals surface area contributed by atoms with Crippen LogP contribution in [0, 0.1) is 18.8 Å². The number of hydrogen-bond acceptors (Lipinski definition) is 2. The maximum Gasteiger partial charge on any atom is 0.0396 e. The lowest BCUT2D eigenvalue weighted by Crippen LogP contribution is -2.38. The second-order valence-corrected chi connectivity index (χ2v) is 5.84. The first-order valence-electron chi connectivity index (χ1n) is 7.11. The fourth-order valence-electron chi connectivity index (χ4n) is 2.87. The molecule has 18 heavy (non-hydrogen) atoms. The molecule has 0 aliphatic carbocycles. The molecule has 1 heterocycles. The summed E-state index contributed by atoms with van der Waals surface area (Å²) in [5.74, 6) is 1.67. The van der Waals surface area contributed by atoms with Crippen LogP contribution in [0.25, 0.3) is 0 Å². The summed E-state index contributed by atoms with van der Waals surface area (Å²) in [7, 11) is 2.00. The summed E-state index contributed by atoms with van der Waals surface area (Å²) in [6, 6.07) is 6.86. The number of nitrogens with zero attached hydrogens (tertiary/aromatic N) is 1. The third-order valence-corrected chi connectivity index (χ3v) is 4.32. The van der Waals surface area contributed by atoms with Crippen LogP contribution in [0.3, 0.4) is 0 Å². The van der Waals surface area contributed by atoms with Crippen LogP contribution >= 0.6 is 0 Å². The fourth-order valence-corrected chi connectivity index (χ4v) is 2.87. The van der Waals surface area contributed by atoms with Crippen molar-refractivity contribution in [1.82, 2.24) is 5.32 Å². The molecule has 0 amide bonds. The molecule has 1 aromatic rings. The highest BCUT2D eigenvalue weighted by atomic mass is 15.1. The summed E-state index contributed by atoms with van der Waals surface area (Å²) in [4.78, 5) is 2.56. The molecular formula is C16H26N2. The molecule has 2 nitrogen and oxygen atoms in total. The number of aryl methyl sites for hydroxylation is 1. The van der Waals surface area contributed by atoms with Gasteiger partial charge in [-0.25, -0.2) is 0 Å². The van der Waals surface area contributed by atoms with Gasteiger partial charge in [-0.1, -0.05) is 26.0 Å². The van der Waals surface area contributed by atoms with Gasteiger partial charge in [0, 0.05) is 25.3 Å². The summed E-state index contributed by atoms with van der Waals surface area (Å²) in [5.41, 5.74) is 4.20. The minimum Gasteiger partial charge on any atom is -0.371 e. The Morgan fingerprint density at radius 2 is 2.06 bits per heavy atom. The Morgan fingerprint density at radius 3 is 2.67 bits per heavy atom. The van der Waals surface area contributed by atoms with Crippen molar-refractivity contribution >= 4 is 5.69 Å². The van der Waals surface area contributed by atoms with E-state index in [4.69, 9.17) is 0 Å². The maximum absolute atomic E-state index is 3.21. The van der Waals surface area contributed by atoms with Gasteiger partial charge in [-0.3, -0.25) is 0 Å². The Labute approximate surface area is 111 Å². The van der Waals surface area contributed by atoms with Crippen molar-refractivity contribution in [2.75, 3.05) is 25.0 Å². The monoisotopic (exact) mass is 246 g/mol. The molecule has 1 aromatic carbocycles. The molecule has 2 unspecified atom stereocenters. The lowest BCUT2D eigenvalue weighted by molar-refractivity contribution is 0.324. The smallest absolute Gasteiger partial charge is 0.0396 e. The van der Waals surface area contributed by atoms with Gasteiger partial charge in [0.15, 0.2) is 0 Å². The van der Waals surface area contributed by atoms with Gasteiger partial charge in [0.25, 0.3) is 0 Å². The zero-order valence-electron chi connectivity index (χ0n) is 12.2. The topological polar surface area (TPSA) is 15.3 Å². The summed E-state index contributed by atoms with van der Waals surface area (Å²) >= 11 is 0. The lowest BCUT2D eigenvalue weighted by atomic mass is 9.88. The Morgan fingerprint density at radius 1 is 1.28 bits per heavy atom. The quantitative estimate of drug-likeness (QED) is 0.881. The highest BCUT2D eigenvalue weighted by Crippen LogP contribution is 2.29. The summed E-state index contributed by atoms with van der Waals surface area (Å²) in [5, 5.41) is 3.21. The summed E-state index contributed by atoms with van der Waals surface area (Å²) < 4.78 is 0. The van der Waals surface area contributed by atoms with Gasteiger partial charge in [0.1, 0.15) is 0 Å². The lowest BCUT2D eigenvalue weighted by Gasteiger charge is -2.37. The number of hydrogen-bond donors (Lipinski definition) is 1. The van der Waals surface area contributed by atoms with Gasteiger partial charge in [-0.05, 0) is 49.4 Å². The van der Waals surface area contributed by atoms with Crippen LogP contribution in [0.2, 0.25) is 0 Å². The molecule has 1 N–H and O–H groups in total. The van der Waals surface area contributed by atoms with Crippen LogP contribution in [0.1, 0.15) is 31.4 Å². The van der Waals surface area contributed by atoms with E-state index in [1.165, 1.54) is 36.3 Å². The van der Waals surface area contributed by atoms with Crippen molar-refractivity contribution in [1.29, 1.82) is 0 Å². The second kappa shape index (κ2) is 5.75. The molecule has 1 saturated heterocycles. The predicted molar refractivity (Wildman–Crippen MR) is 79.1 cm³/mol. The van der Waals surface area contributed by atoms with Gasteiger partial charge in [0.05, 0.1) is 0 Å². The summed E-state index contributed by atoms with van der Waals surface area (Å²) in [6.45, 7) is 10.4. The van der Waals surface area contributed by atoms with Gasteiger partial charge in [-0.2, -0.15) is 0 Å². The minimum absolute atomic E-state index is 0.801. The first-order valence-corrected chi connectivity index (χ1v) is 7.11. The molecule has 0 aromatic heterocycles. The predicted octanol–water partition coefficient (Wildman–Crippen LogP) is 3.20. The molecular weight excluding hydrogens is 220 g/mol. The second-order valence-electron chi connectivity index (χ2n) is 5.84. The van der Waals surface area contributed by atoms with Gasteiger partial charge >= 0.3 is 0 Å². The first kappa shape index (κ1) is 13.4. The Hall–Kier alpha value is -1.02. The van der Waals surface area contributed by atoms with Crippen molar-refractivity contribution in [3.8, 4) is 0 Å². The van der Waals surface area contributed by atoms with Crippen molar-refractivity contribution in [3.63, 3.8) is 0 Å². The maximum atomic E-state index is 3.21. The number of anilines is 1. The molecule has 2 heteroatoms. The van der Waals surface area contributed by atoms with Crippen molar-refractivity contribution in [3.05, 3.63) is 29.3 Å². The Kier molecular flexibility index (Phi) is 4.28. The van der Waals surface area contributed by atoms with E-state index >= 15 is 0 Å². The van der Waals surface area contributed by atoms with Gasteiger partial charge in [0.2, 0.25) is 0 Å². The van der Waals surface area contributed by atoms with Crippen molar-refractivity contribution in [2.45, 2.75) is 33.7 Å². The van der Waals surface area contributed by atoms with E-state index in [2.05, 4.69) is 49.2 Å². The number of piperidine rings is 1. The zero-order valence-corrected chi connectivity index (χ0v) is 12.2. The van der Waals surface area contributed by atoms with E-state index in [-0.39, 0.29) is 0 Å². The molecule has 2 atom stereocenters. The number of rotatable bonds is 3. The van der Waals surface area contributed by atoms with E-state index in [0.29, 0.717) is 0 Å². The Balaban J connectivity index is 2.13. The number of nitrogens with one attached hydrogen (secondary N) is 1. The van der Waals surface area contributed by atoms with Crippen molar-refractivity contribution < 1.29 is 0 Å². The fraction of sp³-hybridized carbons (Fsp3) is 0.625. The third-order valence-electron chi connectivity index (χ3n) is 4.32. The number of benzene rings is 1. The van der Waals surface area contributed by atoms with E-state index in [0.717, 1.165) is 18.4 Å². The molecule has 2 rings (SSSR count). The Bertz CT molecular complexity index is 400. The largest absolute Gasteiger partial charge is 0.371 e. The molecule has 0 bridgehead atoms. The van der Waals surface area contributed by atoms with Crippen LogP contribution in [0.4, 0.5) is 5.69 Å². The molecule has 1 fully saturated rings. The highest BCUT2D eigenvalue weighted by molar-refractivity contribution is 5.54. The summed E-state index contributed by atoms with van der Waals surface area (Å²) in [6.07, 6.45) is 1.32. The molecule has 1 aliphatic rings. The average Bonchev–Trinajstić information content (AvgIpc) is 2.34. The van der Waals surface area contributed by atoms with Crippen LogP contribution in [-0.2, 0) is 6.54 Å². The highest BCUT2D eigenvalue weighted by Gasteiger charge is 2.23. The zero-order chi connectivity index (χ0) is 13.1. The van der Waals surface area contributed by atoms with E-state index < -0.39 is 0 Å².